The SMILES string of the molecule is CC[C@H]1CCC[C@H](O[C@H]2CC[C@H](N(C)C)C(C)O2)[C@@H](C)C(=O)C2=C[C@H]3[C@@H]4C[C@H](O[C@@H]5OC(C)[C@H](OC)C(OC)[C@@H]5OC)C[C@H]4c4sc(NC(=O)c5ccccc5)nc4[C@H]3[C@@H]2CC(=O)O1. The van der Waals surface area contributed by atoms with Gasteiger partial charge < -0.3 is 42.8 Å². The number of hydrogen-bond donors (Lipinski definition) is 1. The van der Waals surface area contributed by atoms with Gasteiger partial charge in [-0.05, 0) is 109 Å². The van der Waals surface area contributed by atoms with Crippen molar-refractivity contribution in [1.29, 1.82) is 0 Å². The van der Waals surface area contributed by atoms with E-state index in [0.29, 0.717) is 54.4 Å². The van der Waals surface area contributed by atoms with Crippen molar-refractivity contribution in [2.75, 3.05) is 40.7 Å². The number of benzene rings is 1. The molecule has 15 heteroatoms. The van der Waals surface area contributed by atoms with E-state index in [1.54, 1.807) is 33.5 Å². The number of esters is 1. The van der Waals surface area contributed by atoms with Crippen molar-refractivity contribution >= 4 is 34.1 Å². The Morgan fingerprint density at radius 3 is 2.33 bits per heavy atom. The topological polar surface area (TPSA) is 153 Å². The van der Waals surface area contributed by atoms with E-state index in [2.05, 4.69) is 37.3 Å². The van der Waals surface area contributed by atoms with Gasteiger partial charge in [-0.3, -0.25) is 19.7 Å². The van der Waals surface area contributed by atoms with Crippen LogP contribution in [0.25, 0.3) is 0 Å². The zero-order valence-electron chi connectivity index (χ0n) is 38.9. The first kappa shape index (κ1) is 47.4. The Hall–Kier alpha value is -3.12. The van der Waals surface area contributed by atoms with E-state index in [1.165, 1.54) is 11.3 Å². The van der Waals surface area contributed by atoms with Crippen LogP contribution in [0.4, 0.5) is 5.13 Å². The van der Waals surface area contributed by atoms with Crippen LogP contribution in [0.5, 0.6) is 0 Å². The Kier molecular flexibility index (Phi) is 15.1. The molecule has 1 saturated carbocycles. The Morgan fingerprint density at radius 2 is 1.64 bits per heavy atom. The standard InChI is InChI=1S/C49H69N3O11S/c1-10-29-17-14-18-37(63-39-20-19-36(52(5)6)26(3)59-39)25(2)42(54)34-23-32-31-21-30(62-48-45(58-9)44(57-8)43(56-7)27(4)60-48)22-35(31)46-41(40(32)33(34)24-38(53)61-29)50-49(64-46)51-47(55)28-15-12-11-13-16-28/h11-13,15-16,23,25-27,29-33,35-37,39-40,43-45,48H,10,14,17-22,24H2,1-9H3,(H,50,51,55)/t25-,26?,27?,29+,30+,31+,32+,33-,35-,36+,37+,39+,40-,43+,44?,45+,48+/m1/s1. The first-order valence-corrected chi connectivity index (χ1v) is 24.3. The molecular weight excluding hydrogens is 839 g/mol. The molecule has 6 aliphatic rings. The molecule has 1 amide bonds. The van der Waals surface area contributed by atoms with E-state index in [0.717, 1.165) is 29.8 Å². The van der Waals surface area contributed by atoms with Gasteiger partial charge in [0, 0.05) is 61.5 Å². The molecule has 3 aliphatic heterocycles. The van der Waals surface area contributed by atoms with Crippen molar-refractivity contribution in [3.05, 3.63) is 58.1 Å². The van der Waals surface area contributed by atoms with Crippen LogP contribution in [0.2, 0.25) is 0 Å². The van der Waals surface area contributed by atoms with Crippen LogP contribution in [0.1, 0.15) is 118 Å². The Morgan fingerprint density at radius 1 is 0.891 bits per heavy atom. The molecule has 14 nitrogen and oxygen atoms in total. The molecule has 0 bridgehead atoms. The summed E-state index contributed by atoms with van der Waals surface area (Å²) < 4.78 is 50.4. The third-order valence-electron chi connectivity index (χ3n) is 15.1. The summed E-state index contributed by atoms with van der Waals surface area (Å²) in [6.45, 7) is 8.07. The molecule has 352 valence electrons. The number of carbonyl (C=O) groups is 3. The summed E-state index contributed by atoms with van der Waals surface area (Å²) in [6.07, 6.45) is 4.43. The van der Waals surface area contributed by atoms with Gasteiger partial charge in [0.1, 0.15) is 24.4 Å². The summed E-state index contributed by atoms with van der Waals surface area (Å²) in [5.74, 6) is -1.88. The number of aromatic nitrogens is 1. The molecule has 0 spiro atoms. The van der Waals surface area contributed by atoms with E-state index >= 15 is 4.79 Å². The number of carbonyl (C=O) groups excluding carboxylic acids is 3. The molecule has 17 atom stereocenters. The van der Waals surface area contributed by atoms with Crippen LogP contribution in [-0.2, 0) is 47.5 Å². The number of ether oxygens (including phenoxy) is 8. The van der Waals surface area contributed by atoms with Gasteiger partial charge in [-0.15, -0.1) is 11.3 Å². The van der Waals surface area contributed by atoms with Crippen LogP contribution >= 0.6 is 11.3 Å². The molecule has 1 aromatic carbocycles. The average Bonchev–Trinajstić information content (AvgIpc) is 4.00. The first-order valence-electron chi connectivity index (χ1n) is 23.5. The molecule has 1 aromatic heterocycles. The van der Waals surface area contributed by atoms with Gasteiger partial charge in [0.25, 0.3) is 5.91 Å². The number of methoxy groups -OCH3 is 3. The van der Waals surface area contributed by atoms with Crippen LogP contribution in [0.3, 0.4) is 0 Å². The third-order valence-corrected chi connectivity index (χ3v) is 16.3. The van der Waals surface area contributed by atoms with Gasteiger partial charge in [0.05, 0.1) is 36.5 Å². The lowest BCUT2D eigenvalue weighted by Gasteiger charge is -2.44. The van der Waals surface area contributed by atoms with Crippen molar-refractivity contribution in [2.45, 2.75) is 165 Å². The highest BCUT2D eigenvalue weighted by Gasteiger charge is 2.57. The Bertz CT molecular complexity index is 1980. The summed E-state index contributed by atoms with van der Waals surface area (Å²) in [5.41, 5.74) is 2.00. The number of hydrogen-bond acceptors (Lipinski definition) is 14. The van der Waals surface area contributed by atoms with Gasteiger partial charge in [-0.2, -0.15) is 0 Å². The lowest BCUT2D eigenvalue weighted by Crippen LogP contribution is -2.59. The van der Waals surface area contributed by atoms with Crippen LogP contribution in [0.15, 0.2) is 42.0 Å². The largest absolute Gasteiger partial charge is 0.462 e. The fraction of sp³-hybridized carbons (Fsp3) is 0.714. The van der Waals surface area contributed by atoms with Crippen LogP contribution in [0, 0.1) is 23.7 Å². The number of cyclic esters (lactones) is 1. The zero-order valence-corrected chi connectivity index (χ0v) is 39.8. The number of likely N-dealkylation sites (N-methyl/N-ethyl adjacent to an activating group) is 1. The number of rotatable bonds is 11. The molecular formula is C49H69N3O11S. The minimum Gasteiger partial charge on any atom is -0.462 e. The number of allylic oxidation sites excluding steroid dienone is 2. The van der Waals surface area contributed by atoms with Crippen LogP contribution in [-0.4, -0.2) is 130 Å². The van der Waals surface area contributed by atoms with Gasteiger partial charge >= 0.3 is 5.97 Å². The molecule has 3 saturated heterocycles. The van der Waals surface area contributed by atoms with Crippen molar-refractivity contribution in [3.63, 3.8) is 0 Å². The minimum atomic E-state index is -0.707. The van der Waals surface area contributed by atoms with E-state index in [1.807, 2.05) is 39.0 Å². The van der Waals surface area contributed by atoms with Crippen molar-refractivity contribution in [2.24, 2.45) is 23.7 Å². The zero-order chi connectivity index (χ0) is 45.4. The maximum absolute atomic E-state index is 15.2. The lowest BCUT2D eigenvalue weighted by atomic mass is 9.67. The molecule has 64 heavy (non-hydrogen) atoms. The monoisotopic (exact) mass is 907 g/mol. The summed E-state index contributed by atoms with van der Waals surface area (Å²) in [4.78, 5) is 51.3. The average molecular weight is 908 g/mol. The molecule has 2 aromatic rings. The number of nitrogens with one attached hydrogen (secondary N) is 1. The summed E-state index contributed by atoms with van der Waals surface area (Å²) in [7, 11) is 9.07. The quantitative estimate of drug-likeness (QED) is 0.225. The number of ketones is 1. The summed E-state index contributed by atoms with van der Waals surface area (Å²) >= 11 is 1.48. The predicted molar refractivity (Wildman–Crippen MR) is 240 cm³/mol. The lowest BCUT2D eigenvalue weighted by molar-refractivity contribution is -0.314. The van der Waals surface area contributed by atoms with Gasteiger partial charge in [-0.25, -0.2) is 4.98 Å². The maximum Gasteiger partial charge on any atom is 0.306 e. The molecule has 3 aliphatic carbocycles. The van der Waals surface area contributed by atoms with E-state index in [9.17, 15) is 9.59 Å². The van der Waals surface area contributed by atoms with Gasteiger partial charge in [0.2, 0.25) is 0 Å². The first-order chi connectivity index (χ1) is 30.8. The fourth-order valence-corrected chi connectivity index (χ4v) is 13.1. The Labute approximate surface area is 382 Å². The third kappa shape index (κ3) is 9.53. The van der Waals surface area contributed by atoms with Crippen molar-refractivity contribution < 1.29 is 52.3 Å². The molecule has 3 unspecified atom stereocenters. The summed E-state index contributed by atoms with van der Waals surface area (Å²) in [5, 5.41) is 3.57. The number of amides is 1. The van der Waals surface area contributed by atoms with E-state index in [4.69, 9.17) is 42.9 Å². The predicted octanol–water partition coefficient (Wildman–Crippen LogP) is 7.28. The summed E-state index contributed by atoms with van der Waals surface area (Å²) in [6, 6.07) is 9.38. The minimum absolute atomic E-state index is 0.0117. The second kappa shape index (κ2) is 20.4. The molecule has 1 N–H and O–H groups in total. The maximum atomic E-state index is 15.2. The van der Waals surface area contributed by atoms with Crippen LogP contribution < -0.4 is 5.32 Å². The highest BCUT2D eigenvalue weighted by Crippen LogP contribution is 2.63. The number of fused-ring (bicyclic) bond motifs is 8. The van der Waals surface area contributed by atoms with Gasteiger partial charge in [0.15, 0.2) is 23.5 Å². The second-order valence-electron chi connectivity index (χ2n) is 19.1. The second-order valence-corrected chi connectivity index (χ2v) is 20.1. The molecule has 0 radical (unpaired) electrons. The molecule has 4 fully saturated rings. The Balaban J connectivity index is 1.13. The smallest absolute Gasteiger partial charge is 0.306 e. The molecule has 8 rings (SSSR count). The van der Waals surface area contributed by atoms with Crippen molar-refractivity contribution in [3.8, 4) is 0 Å². The number of anilines is 1. The number of nitrogens with zero attached hydrogens (tertiary/aromatic N) is 2. The van der Waals surface area contributed by atoms with E-state index in [-0.39, 0.29) is 84.4 Å². The number of thiazole rings is 1. The fourth-order valence-electron chi connectivity index (χ4n) is 11.9. The normalized spacial score (nSPS) is 39.1. The van der Waals surface area contributed by atoms with Gasteiger partial charge in [-0.1, -0.05) is 38.1 Å². The molecule has 4 heterocycles. The number of Topliss-reactive ketones (excluding diaryl/α,β-unsaturated/α-hetero) is 1. The highest BCUT2D eigenvalue weighted by molar-refractivity contribution is 7.16. The van der Waals surface area contributed by atoms with E-state index < -0.39 is 36.6 Å². The van der Waals surface area contributed by atoms with Crippen molar-refractivity contribution in [1.82, 2.24) is 9.88 Å². The highest BCUT2D eigenvalue weighted by atomic mass is 32.1.